The van der Waals surface area contributed by atoms with Gasteiger partial charge in [-0.2, -0.15) is 0 Å². The average Bonchev–Trinajstić information content (AvgIpc) is 2.41. The maximum absolute atomic E-state index is 10.7. The molecule has 1 heterocycles. The highest BCUT2D eigenvalue weighted by Crippen LogP contribution is 2.35. The summed E-state index contributed by atoms with van der Waals surface area (Å²) >= 11 is 9.93. The van der Waals surface area contributed by atoms with Gasteiger partial charge in [-0.15, -0.1) is 17.1 Å². The van der Waals surface area contributed by atoms with Crippen LogP contribution < -0.4 is 0 Å². The predicted octanol–water partition coefficient (Wildman–Crippen LogP) is 5.10. The Morgan fingerprint density at radius 1 is 1.30 bits per heavy atom. The van der Waals surface area contributed by atoms with Crippen LogP contribution in [0, 0.1) is 11.5 Å². The minimum Gasteiger partial charge on any atom is -0.372 e. The molecule has 5 heteroatoms. The molecule has 23 heavy (non-hydrogen) atoms. The van der Waals surface area contributed by atoms with Crippen LogP contribution >= 0.6 is 27.5 Å². The Balaban J connectivity index is 2.59. The van der Waals surface area contributed by atoms with Gasteiger partial charge in [-0.05, 0) is 24.0 Å². The van der Waals surface area contributed by atoms with Crippen LogP contribution in [0.2, 0.25) is 18.1 Å². The highest BCUT2D eigenvalue weighted by molar-refractivity contribution is 9.09. The standard InChI is InChI=1S/C18H28BrClO2Si/c1-18(2,3)23(4,5)12-8-6-7-9-17-15(20)13-14(19)16(22-17)10-11-21/h6-7,11,14-17H,9-10,13H2,1-5H3/b7-6+/t14-,15+,16-,17+/m1/s1. The smallest absolute Gasteiger partial charge is 0.138 e. The van der Waals surface area contributed by atoms with E-state index >= 15 is 0 Å². The van der Waals surface area contributed by atoms with Crippen molar-refractivity contribution in [2.75, 3.05) is 0 Å². The molecule has 0 saturated carbocycles. The lowest BCUT2D eigenvalue weighted by Crippen LogP contribution is -2.42. The van der Waals surface area contributed by atoms with Gasteiger partial charge < -0.3 is 9.53 Å². The van der Waals surface area contributed by atoms with E-state index in [-0.39, 0.29) is 27.5 Å². The molecule has 1 rings (SSSR count). The van der Waals surface area contributed by atoms with Crippen LogP contribution in [0.5, 0.6) is 0 Å². The lowest BCUT2D eigenvalue weighted by atomic mass is 9.99. The molecule has 130 valence electrons. The Labute approximate surface area is 155 Å². The summed E-state index contributed by atoms with van der Waals surface area (Å²) in [4.78, 5) is 10.9. The van der Waals surface area contributed by atoms with E-state index in [2.05, 4.69) is 61.3 Å². The quantitative estimate of drug-likeness (QED) is 0.274. The first-order valence-corrected chi connectivity index (χ1v) is 12.5. The van der Waals surface area contributed by atoms with E-state index in [0.29, 0.717) is 6.42 Å². The van der Waals surface area contributed by atoms with E-state index in [0.717, 1.165) is 19.1 Å². The molecule has 1 aliphatic rings. The number of hydrogen-bond acceptors (Lipinski definition) is 2. The summed E-state index contributed by atoms with van der Waals surface area (Å²) in [5.41, 5.74) is 3.46. The van der Waals surface area contributed by atoms with Gasteiger partial charge in [-0.3, -0.25) is 0 Å². The summed E-state index contributed by atoms with van der Waals surface area (Å²) in [6, 6.07) is 0. The number of halogens is 2. The van der Waals surface area contributed by atoms with Crippen LogP contribution in [-0.2, 0) is 9.53 Å². The summed E-state index contributed by atoms with van der Waals surface area (Å²) in [7, 11) is -1.55. The molecule has 0 aliphatic carbocycles. The molecular formula is C18H28BrClO2Si. The Kier molecular flexibility index (Phi) is 8.07. The predicted molar refractivity (Wildman–Crippen MR) is 105 cm³/mol. The Morgan fingerprint density at radius 2 is 1.96 bits per heavy atom. The van der Waals surface area contributed by atoms with Crippen molar-refractivity contribution in [3.8, 4) is 11.5 Å². The second kappa shape index (κ2) is 8.85. The van der Waals surface area contributed by atoms with E-state index in [4.69, 9.17) is 16.3 Å². The third-order valence-electron chi connectivity index (χ3n) is 4.76. The molecule has 1 aliphatic heterocycles. The van der Waals surface area contributed by atoms with Crippen molar-refractivity contribution in [3.05, 3.63) is 12.2 Å². The largest absolute Gasteiger partial charge is 0.372 e. The number of rotatable bonds is 4. The molecule has 0 spiro atoms. The lowest BCUT2D eigenvalue weighted by molar-refractivity contribution is -0.113. The SMILES string of the molecule is CC(C)(C)[Si](C)(C)C#C/C=C/C[C@@H]1O[C@H](CC=O)[C@H](Br)C[C@@H]1Cl. The van der Waals surface area contributed by atoms with Gasteiger partial charge in [-0.1, -0.05) is 61.8 Å². The van der Waals surface area contributed by atoms with E-state index in [1.807, 2.05) is 12.2 Å². The second-order valence-corrected chi connectivity index (χ2v) is 14.4. The fourth-order valence-electron chi connectivity index (χ4n) is 2.09. The number of carbonyl (C=O) groups is 1. The molecule has 0 aromatic carbocycles. The second-order valence-electron chi connectivity index (χ2n) is 7.67. The molecule has 0 unspecified atom stereocenters. The van der Waals surface area contributed by atoms with Gasteiger partial charge in [0, 0.05) is 11.2 Å². The molecule has 0 bridgehead atoms. The van der Waals surface area contributed by atoms with Gasteiger partial charge in [0.05, 0.1) is 17.6 Å². The Bertz CT molecular complexity index is 487. The lowest BCUT2D eigenvalue weighted by Gasteiger charge is -2.36. The fraction of sp³-hybridized carbons (Fsp3) is 0.722. The number of carbonyl (C=O) groups excluding carboxylic acids is 1. The van der Waals surface area contributed by atoms with Gasteiger partial charge in [0.2, 0.25) is 0 Å². The summed E-state index contributed by atoms with van der Waals surface area (Å²) < 4.78 is 5.95. The van der Waals surface area contributed by atoms with Crippen molar-refractivity contribution in [2.24, 2.45) is 0 Å². The van der Waals surface area contributed by atoms with Crippen LogP contribution in [0.15, 0.2) is 12.2 Å². The average molecular weight is 420 g/mol. The van der Waals surface area contributed by atoms with Gasteiger partial charge in [0.25, 0.3) is 0 Å². The number of allylic oxidation sites excluding steroid dienone is 1. The molecule has 1 fully saturated rings. The van der Waals surface area contributed by atoms with Crippen molar-refractivity contribution < 1.29 is 9.53 Å². The number of ether oxygens (including phenoxy) is 1. The third kappa shape index (κ3) is 6.38. The molecule has 0 amide bonds. The van der Waals surface area contributed by atoms with Crippen molar-refractivity contribution in [1.82, 2.24) is 0 Å². The zero-order chi connectivity index (χ0) is 17.7. The highest BCUT2D eigenvalue weighted by Gasteiger charge is 2.35. The first-order valence-electron chi connectivity index (χ1n) is 8.13. The summed E-state index contributed by atoms with van der Waals surface area (Å²) in [5.74, 6) is 3.20. The molecule has 2 nitrogen and oxygen atoms in total. The summed E-state index contributed by atoms with van der Waals surface area (Å²) in [5, 5.41) is 0.231. The van der Waals surface area contributed by atoms with Gasteiger partial charge in [0.1, 0.15) is 14.4 Å². The van der Waals surface area contributed by atoms with Gasteiger partial charge in [-0.25, -0.2) is 0 Å². The molecule has 0 N–H and O–H groups in total. The zero-order valence-corrected chi connectivity index (χ0v) is 18.1. The minimum atomic E-state index is -1.55. The van der Waals surface area contributed by atoms with Crippen LogP contribution in [-0.4, -0.2) is 36.8 Å². The molecule has 0 radical (unpaired) electrons. The Morgan fingerprint density at radius 3 is 2.52 bits per heavy atom. The van der Waals surface area contributed by atoms with Crippen molar-refractivity contribution >= 4 is 41.9 Å². The molecule has 4 atom stereocenters. The fourth-order valence-corrected chi connectivity index (χ4v) is 4.22. The minimum absolute atomic E-state index is 0.0414. The van der Waals surface area contributed by atoms with Crippen LogP contribution in [0.3, 0.4) is 0 Å². The first-order chi connectivity index (χ1) is 10.6. The number of alkyl halides is 2. The van der Waals surface area contributed by atoms with Crippen LogP contribution in [0.4, 0.5) is 0 Å². The van der Waals surface area contributed by atoms with Gasteiger partial charge >= 0.3 is 0 Å². The summed E-state index contributed by atoms with van der Waals surface area (Å²) in [6.07, 6.45) is 6.68. The third-order valence-corrected chi connectivity index (χ3v) is 10.7. The van der Waals surface area contributed by atoms with E-state index in [9.17, 15) is 4.79 Å². The van der Waals surface area contributed by atoms with E-state index in [1.165, 1.54) is 0 Å². The molecule has 1 saturated heterocycles. The normalized spacial score (nSPS) is 29.2. The van der Waals surface area contributed by atoms with Crippen LogP contribution in [0.25, 0.3) is 0 Å². The monoisotopic (exact) mass is 418 g/mol. The Hall–Kier alpha value is -0.0831. The van der Waals surface area contributed by atoms with Crippen molar-refractivity contribution in [1.29, 1.82) is 0 Å². The molecular weight excluding hydrogens is 392 g/mol. The van der Waals surface area contributed by atoms with E-state index in [1.54, 1.807) is 0 Å². The topological polar surface area (TPSA) is 26.3 Å². The first kappa shape index (κ1) is 21.0. The molecule has 0 aromatic rings. The van der Waals surface area contributed by atoms with Crippen molar-refractivity contribution in [2.45, 2.75) is 80.6 Å². The summed E-state index contributed by atoms with van der Waals surface area (Å²) in [6.45, 7) is 11.4. The maximum atomic E-state index is 10.7. The van der Waals surface area contributed by atoms with Crippen LogP contribution in [0.1, 0.15) is 40.0 Å². The highest BCUT2D eigenvalue weighted by atomic mass is 79.9. The number of hydrogen-bond donors (Lipinski definition) is 0. The van der Waals surface area contributed by atoms with Gasteiger partial charge in [0.15, 0.2) is 0 Å². The number of aldehydes is 1. The van der Waals surface area contributed by atoms with E-state index < -0.39 is 8.07 Å². The maximum Gasteiger partial charge on any atom is 0.138 e. The van der Waals surface area contributed by atoms with Crippen molar-refractivity contribution in [3.63, 3.8) is 0 Å². The zero-order valence-electron chi connectivity index (χ0n) is 14.7. The molecule has 0 aromatic heterocycles.